The Kier molecular flexibility index (Phi) is 6.75. The molecule has 0 bridgehead atoms. The highest BCUT2D eigenvalue weighted by Gasteiger charge is 2.15. The fourth-order valence-electron chi connectivity index (χ4n) is 2.12. The third-order valence-electron chi connectivity index (χ3n) is 3.56. The van der Waals surface area contributed by atoms with Crippen molar-refractivity contribution in [2.45, 2.75) is 32.4 Å². The lowest BCUT2D eigenvalue weighted by atomic mass is 10.2. The molecule has 2 aromatic rings. The average molecular weight is 423 g/mol. The highest BCUT2D eigenvalue weighted by Crippen LogP contribution is 2.12. The lowest BCUT2D eigenvalue weighted by Gasteiger charge is -2.16. The first-order valence-electron chi connectivity index (χ1n) is 8.10. The highest BCUT2D eigenvalue weighted by molar-refractivity contribution is 9.10. The Hall–Kier alpha value is -1.70. The minimum Gasteiger partial charge on any atom is -0.361 e. The average Bonchev–Trinajstić information content (AvgIpc) is 2.54. The number of nitrogens with zero attached hydrogens (tertiary/aromatic N) is 1. The summed E-state index contributed by atoms with van der Waals surface area (Å²) in [6.07, 6.45) is 1.64. The predicted molar refractivity (Wildman–Crippen MR) is 107 cm³/mol. The molecule has 25 heavy (non-hydrogen) atoms. The van der Waals surface area contributed by atoms with Crippen molar-refractivity contribution in [2.75, 3.05) is 11.9 Å². The number of rotatable bonds is 7. The van der Waals surface area contributed by atoms with Crippen molar-refractivity contribution >= 4 is 35.6 Å². The van der Waals surface area contributed by atoms with E-state index in [-0.39, 0.29) is 17.9 Å². The van der Waals surface area contributed by atoms with Crippen molar-refractivity contribution in [2.24, 2.45) is 0 Å². The maximum absolute atomic E-state index is 12.6. The van der Waals surface area contributed by atoms with E-state index in [0.29, 0.717) is 16.8 Å². The number of carbonyl (C=O) groups excluding carboxylic acids is 1. The third-order valence-corrected chi connectivity index (χ3v) is 5.69. The van der Waals surface area contributed by atoms with E-state index in [1.54, 1.807) is 18.3 Å². The zero-order valence-electron chi connectivity index (χ0n) is 14.7. The van der Waals surface area contributed by atoms with Crippen molar-refractivity contribution in [3.8, 4) is 0 Å². The van der Waals surface area contributed by atoms with E-state index in [9.17, 15) is 9.59 Å². The van der Waals surface area contributed by atoms with E-state index in [2.05, 4.69) is 40.9 Å². The molecule has 1 N–H and O–H groups in total. The number of anilines is 1. The lowest BCUT2D eigenvalue weighted by molar-refractivity contribution is 0.0840. The quantitative estimate of drug-likeness (QED) is 0.537. The molecule has 0 radical (unpaired) electrons. The Morgan fingerprint density at radius 3 is 2.56 bits per heavy atom. The van der Waals surface area contributed by atoms with Gasteiger partial charge >= 0.3 is 0 Å². The first-order valence-corrected chi connectivity index (χ1v) is 12.6. The first-order chi connectivity index (χ1) is 11.8. The number of hydrogen-bond donors (Lipinski definition) is 1. The number of amides is 1. The van der Waals surface area contributed by atoms with Gasteiger partial charge in [0.15, 0.2) is 0 Å². The SMILES string of the molecule is C[Si](C)(C)CCOCn1cc(Br)cc(C(=O)Nc2ccccc2)c1=O. The van der Waals surface area contributed by atoms with Crippen LogP contribution < -0.4 is 10.9 Å². The van der Waals surface area contributed by atoms with Gasteiger partial charge in [-0.1, -0.05) is 37.8 Å². The molecule has 0 atom stereocenters. The van der Waals surface area contributed by atoms with Crippen LogP contribution >= 0.6 is 15.9 Å². The molecule has 0 unspecified atom stereocenters. The van der Waals surface area contributed by atoms with E-state index >= 15 is 0 Å². The second-order valence-electron chi connectivity index (χ2n) is 7.02. The Balaban J connectivity index is 2.10. The van der Waals surface area contributed by atoms with Gasteiger partial charge in [0.2, 0.25) is 0 Å². The van der Waals surface area contributed by atoms with Gasteiger partial charge in [-0.3, -0.25) is 14.2 Å². The molecule has 7 heteroatoms. The van der Waals surface area contributed by atoms with Crippen LogP contribution in [-0.2, 0) is 11.5 Å². The van der Waals surface area contributed by atoms with Gasteiger partial charge in [-0.25, -0.2) is 0 Å². The number of hydrogen-bond acceptors (Lipinski definition) is 3. The van der Waals surface area contributed by atoms with Gasteiger partial charge in [0, 0.05) is 31.0 Å². The van der Waals surface area contributed by atoms with E-state index in [4.69, 9.17) is 4.74 Å². The van der Waals surface area contributed by atoms with Gasteiger partial charge in [0.1, 0.15) is 12.3 Å². The Morgan fingerprint density at radius 2 is 1.92 bits per heavy atom. The zero-order chi connectivity index (χ0) is 18.4. The van der Waals surface area contributed by atoms with E-state index in [0.717, 1.165) is 6.04 Å². The van der Waals surface area contributed by atoms with Crippen molar-refractivity contribution in [3.63, 3.8) is 0 Å². The largest absolute Gasteiger partial charge is 0.361 e. The van der Waals surface area contributed by atoms with E-state index in [1.165, 1.54) is 10.6 Å². The minimum atomic E-state index is -1.18. The van der Waals surface area contributed by atoms with Crippen molar-refractivity contribution in [1.29, 1.82) is 0 Å². The summed E-state index contributed by atoms with van der Waals surface area (Å²) < 4.78 is 7.69. The number of carbonyl (C=O) groups is 1. The van der Waals surface area contributed by atoms with Crippen LogP contribution in [0.5, 0.6) is 0 Å². The smallest absolute Gasteiger partial charge is 0.265 e. The van der Waals surface area contributed by atoms with Crippen molar-refractivity contribution < 1.29 is 9.53 Å². The third kappa shape index (κ3) is 6.26. The Bertz CT molecular complexity index is 785. The lowest BCUT2D eigenvalue weighted by Crippen LogP contribution is -2.30. The first kappa shape index (κ1) is 19.6. The van der Waals surface area contributed by atoms with Crippen LogP contribution in [0.4, 0.5) is 5.69 Å². The topological polar surface area (TPSA) is 60.3 Å². The summed E-state index contributed by atoms with van der Waals surface area (Å²) in [5.41, 5.74) is 0.349. The molecule has 1 amide bonds. The summed E-state index contributed by atoms with van der Waals surface area (Å²) in [5.74, 6) is -0.437. The van der Waals surface area contributed by atoms with Crippen LogP contribution in [0.25, 0.3) is 0 Å². The predicted octanol–water partition coefficient (Wildman–Crippen LogP) is 4.18. The number of aromatic nitrogens is 1. The molecule has 0 fully saturated rings. The normalized spacial score (nSPS) is 11.4. The number of halogens is 1. The monoisotopic (exact) mass is 422 g/mol. The van der Waals surface area contributed by atoms with Gasteiger partial charge in [0.05, 0.1) is 0 Å². The fraction of sp³-hybridized carbons (Fsp3) is 0.333. The van der Waals surface area contributed by atoms with Gasteiger partial charge in [0.25, 0.3) is 11.5 Å². The molecule has 1 aromatic heterocycles. The Morgan fingerprint density at radius 1 is 1.24 bits per heavy atom. The number of pyridine rings is 1. The molecule has 0 saturated heterocycles. The van der Waals surface area contributed by atoms with Crippen LogP contribution in [0.3, 0.4) is 0 Å². The van der Waals surface area contributed by atoms with E-state index < -0.39 is 14.0 Å². The maximum atomic E-state index is 12.6. The molecule has 0 spiro atoms. The molecule has 0 aliphatic carbocycles. The summed E-state index contributed by atoms with van der Waals surface area (Å²) >= 11 is 3.35. The molecule has 5 nitrogen and oxygen atoms in total. The van der Waals surface area contributed by atoms with Gasteiger partial charge in [-0.2, -0.15) is 0 Å². The number of para-hydroxylation sites is 1. The summed E-state index contributed by atoms with van der Waals surface area (Å²) in [7, 11) is -1.18. The second kappa shape index (κ2) is 8.60. The van der Waals surface area contributed by atoms with Crippen LogP contribution in [0.1, 0.15) is 10.4 Å². The molecular weight excluding hydrogens is 400 g/mol. The number of nitrogens with one attached hydrogen (secondary N) is 1. The molecule has 1 aromatic carbocycles. The van der Waals surface area contributed by atoms with Crippen LogP contribution in [0.15, 0.2) is 51.9 Å². The molecule has 0 aliphatic heterocycles. The summed E-state index contributed by atoms with van der Waals surface area (Å²) in [5, 5.41) is 2.73. The second-order valence-corrected chi connectivity index (χ2v) is 13.6. The van der Waals surface area contributed by atoms with Crippen LogP contribution in [0, 0.1) is 0 Å². The fourth-order valence-corrected chi connectivity index (χ4v) is 3.35. The molecule has 2 rings (SSSR count). The molecular formula is C18H23BrN2O3Si. The van der Waals surface area contributed by atoms with Gasteiger partial charge in [-0.05, 0) is 40.2 Å². The van der Waals surface area contributed by atoms with Crippen LogP contribution in [0.2, 0.25) is 25.7 Å². The molecule has 0 aliphatic rings. The van der Waals surface area contributed by atoms with Crippen molar-refractivity contribution in [1.82, 2.24) is 4.57 Å². The number of benzene rings is 1. The van der Waals surface area contributed by atoms with E-state index in [1.807, 2.05) is 18.2 Å². The standard InChI is InChI=1S/C18H23BrN2O3Si/c1-25(2,3)10-9-24-13-21-12-14(19)11-16(18(21)23)17(22)20-15-7-5-4-6-8-15/h4-8,11-12H,9-10,13H2,1-3H3,(H,20,22). The summed E-state index contributed by atoms with van der Waals surface area (Å²) in [6.45, 7) is 7.56. The summed E-state index contributed by atoms with van der Waals surface area (Å²) in [4.78, 5) is 25.0. The minimum absolute atomic E-state index is 0.0759. The van der Waals surface area contributed by atoms with Gasteiger partial charge < -0.3 is 10.1 Å². The summed E-state index contributed by atoms with van der Waals surface area (Å²) in [6, 6.07) is 11.6. The Labute approximate surface area is 157 Å². The van der Waals surface area contributed by atoms with Crippen molar-refractivity contribution in [3.05, 3.63) is 63.0 Å². The molecule has 0 saturated carbocycles. The van der Waals surface area contributed by atoms with Gasteiger partial charge in [-0.15, -0.1) is 0 Å². The van der Waals surface area contributed by atoms with Crippen LogP contribution in [-0.4, -0.2) is 25.2 Å². The number of ether oxygens (including phenoxy) is 1. The maximum Gasteiger partial charge on any atom is 0.265 e. The highest BCUT2D eigenvalue weighted by atomic mass is 79.9. The molecule has 1 heterocycles. The molecule has 134 valence electrons. The zero-order valence-corrected chi connectivity index (χ0v) is 17.3.